The summed E-state index contributed by atoms with van der Waals surface area (Å²) in [5.74, 6) is -0.432. The number of nitrogens with one attached hydrogen (secondary N) is 1. The minimum Gasteiger partial charge on any atom is -0.389 e. The van der Waals surface area contributed by atoms with Crippen LogP contribution in [0.2, 0.25) is 0 Å². The summed E-state index contributed by atoms with van der Waals surface area (Å²) in [6, 6.07) is -0.436. The van der Waals surface area contributed by atoms with Crippen LogP contribution in [0.15, 0.2) is 0 Å². The van der Waals surface area contributed by atoms with Crippen LogP contribution in [0, 0.1) is 0 Å². The number of carbonyl (C=O) groups is 1. The largest absolute Gasteiger partial charge is 0.389 e. The molecule has 0 aromatic heterocycles. The monoisotopic (exact) mass is 218 g/mol. The number of hydrogen-bond donors (Lipinski definition) is 3. The second-order valence-corrected chi connectivity index (χ2v) is 4.61. The third-order valence-corrected chi connectivity index (χ3v) is 1.80. The fraction of sp³-hybridized carbons (Fsp3) is 0.900. The van der Waals surface area contributed by atoms with Crippen molar-refractivity contribution in [3.8, 4) is 0 Å². The Morgan fingerprint density at radius 3 is 2.47 bits per heavy atom. The summed E-state index contributed by atoms with van der Waals surface area (Å²) in [4.78, 5) is 10.7. The summed E-state index contributed by atoms with van der Waals surface area (Å²) in [6.07, 6.45) is -0.633. The standard InChI is InChI=1S/C10H22N2O3/c1-7(9(11)14)12-5-8(13)6-15-10(2,3)4/h7-8,12-13H,5-6H2,1-4H3,(H2,11,14). The summed E-state index contributed by atoms with van der Waals surface area (Å²) in [6.45, 7) is 7.93. The second-order valence-electron chi connectivity index (χ2n) is 4.61. The normalized spacial score (nSPS) is 16.1. The fourth-order valence-corrected chi connectivity index (χ4v) is 0.819. The Balaban J connectivity index is 3.66. The van der Waals surface area contributed by atoms with E-state index in [0.29, 0.717) is 6.54 Å². The summed E-state index contributed by atoms with van der Waals surface area (Å²) < 4.78 is 5.38. The maximum atomic E-state index is 10.7. The number of amides is 1. The van der Waals surface area contributed by atoms with Gasteiger partial charge in [-0.15, -0.1) is 0 Å². The van der Waals surface area contributed by atoms with Crippen molar-refractivity contribution in [3.63, 3.8) is 0 Å². The zero-order valence-electron chi connectivity index (χ0n) is 9.91. The van der Waals surface area contributed by atoms with E-state index in [1.54, 1.807) is 6.92 Å². The third kappa shape index (κ3) is 8.35. The van der Waals surface area contributed by atoms with Crippen molar-refractivity contribution >= 4 is 5.91 Å². The van der Waals surface area contributed by atoms with Gasteiger partial charge in [0.15, 0.2) is 0 Å². The molecule has 5 nitrogen and oxygen atoms in total. The average molecular weight is 218 g/mol. The lowest BCUT2D eigenvalue weighted by atomic mass is 10.2. The molecule has 0 saturated heterocycles. The molecule has 2 unspecified atom stereocenters. The van der Waals surface area contributed by atoms with Gasteiger partial charge in [-0.25, -0.2) is 0 Å². The predicted molar refractivity (Wildman–Crippen MR) is 58.4 cm³/mol. The van der Waals surface area contributed by atoms with Gasteiger partial charge in [-0.05, 0) is 27.7 Å². The average Bonchev–Trinajstić information content (AvgIpc) is 2.09. The number of ether oxygens (including phenoxy) is 1. The highest BCUT2D eigenvalue weighted by molar-refractivity contribution is 5.79. The van der Waals surface area contributed by atoms with Crippen LogP contribution in [0.25, 0.3) is 0 Å². The van der Waals surface area contributed by atoms with Crippen LogP contribution >= 0.6 is 0 Å². The number of aliphatic hydroxyl groups is 1. The molecule has 2 atom stereocenters. The molecular weight excluding hydrogens is 196 g/mol. The van der Waals surface area contributed by atoms with E-state index in [1.807, 2.05) is 20.8 Å². The molecule has 0 saturated carbocycles. The molecule has 0 aromatic rings. The van der Waals surface area contributed by atoms with Gasteiger partial charge in [0.2, 0.25) is 5.91 Å². The third-order valence-electron chi connectivity index (χ3n) is 1.80. The first-order chi connectivity index (χ1) is 6.72. The van der Waals surface area contributed by atoms with Crippen molar-refractivity contribution in [3.05, 3.63) is 0 Å². The highest BCUT2D eigenvalue weighted by Gasteiger charge is 2.15. The Kier molecular flexibility index (Phi) is 5.79. The van der Waals surface area contributed by atoms with Gasteiger partial charge in [0, 0.05) is 6.54 Å². The zero-order valence-corrected chi connectivity index (χ0v) is 9.91. The van der Waals surface area contributed by atoms with Crippen LogP contribution in [0.1, 0.15) is 27.7 Å². The maximum Gasteiger partial charge on any atom is 0.234 e. The zero-order chi connectivity index (χ0) is 12.1. The number of rotatable bonds is 6. The molecule has 0 radical (unpaired) electrons. The van der Waals surface area contributed by atoms with E-state index >= 15 is 0 Å². The predicted octanol–water partition coefficient (Wildman–Crippen LogP) is -0.374. The molecule has 0 aliphatic carbocycles. The van der Waals surface area contributed by atoms with Gasteiger partial charge in [-0.3, -0.25) is 4.79 Å². The molecular formula is C10H22N2O3. The van der Waals surface area contributed by atoms with Crippen molar-refractivity contribution in [2.24, 2.45) is 5.73 Å². The number of aliphatic hydroxyl groups excluding tert-OH is 1. The lowest BCUT2D eigenvalue weighted by molar-refractivity contribution is -0.119. The molecule has 0 heterocycles. The summed E-state index contributed by atoms with van der Waals surface area (Å²) >= 11 is 0. The summed E-state index contributed by atoms with van der Waals surface area (Å²) in [5, 5.41) is 12.3. The van der Waals surface area contributed by atoms with Gasteiger partial charge in [0.25, 0.3) is 0 Å². The lowest BCUT2D eigenvalue weighted by Gasteiger charge is -2.22. The molecule has 0 spiro atoms. The summed E-state index contributed by atoms with van der Waals surface area (Å²) in [7, 11) is 0. The minimum absolute atomic E-state index is 0.238. The Morgan fingerprint density at radius 2 is 2.07 bits per heavy atom. The van der Waals surface area contributed by atoms with E-state index in [9.17, 15) is 9.90 Å². The van der Waals surface area contributed by atoms with Crippen LogP contribution in [0.5, 0.6) is 0 Å². The first kappa shape index (κ1) is 14.3. The molecule has 0 bridgehead atoms. The highest BCUT2D eigenvalue weighted by atomic mass is 16.5. The molecule has 0 aromatic carbocycles. The fourth-order valence-electron chi connectivity index (χ4n) is 0.819. The highest BCUT2D eigenvalue weighted by Crippen LogP contribution is 2.06. The number of primary amides is 1. The molecule has 1 amide bonds. The number of carbonyl (C=O) groups excluding carboxylic acids is 1. The van der Waals surface area contributed by atoms with Crippen LogP contribution < -0.4 is 11.1 Å². The topological polar surface area (TPSA) is 84.6 Å². The van der Waals surface area contributed by atoms with Crippen LogP contribution in [-0.2, 0) is 9.53 Å². The first-order valence-electron chi connectivity index (χ1n) is 5.07. The quantitative estimate of drug-likeness (QED) is 0.567. The number of hydrogen-bond acceptors (Lipinski definition) is 4. The Morgan fingerprint density at radius 1 is 1.53 bits per heavy atom. The Hall–Kier alpha value is -0.650. The van der Waals surface area contributed by atoms with Crippen molar-refractivity contribution in [1.82, 2.24) is 5.32 Å². The van der Waals surface area contributed by atoms with E-state index in [1.165, 1.54) is 0 Å². The molecule has 5 heteroatoms. The minimum atomic E-state index is -0.633. The Labute approximate surface area is 91.0 Å². The molecule has 0 fully saturated rings. The van der Waals surface area contributed by atoms with Crippen molar-refractivity contribution in [1.29, 1.82) is 0 Å². The SMILES string of the molecule is CC(NCC(O)COC(C)(C)C)C(N)=O. The number of nitrogens with two attached hydrogens (primary N) is 1. The lowest BCUT2D eigenvalue weighted by Crippen LogP contribution is -2.43. The van der Waals surface area contributed by atoms with Gasteiger partial charge >= 0.3 is 0 Å². The van der Waals surface area contributed by atoms with E-state index < -0.39 is 18.1 Å². The van der Waals surface area contributed by atoms with Gasteiger partial charge in [-0.1, -0.05) is 0 Å². The van der Waals surface area contributed by atoms with E-state index in [4.69, 9.17) is 10.5 Å². The Bertz CT molecular complexity index is 201. The molecule has 4 N–H and O–H groups in total. The molecule has 0 aliphatic rings. The van der Waals surface area contributed by atoms with Gasteiger partial charge < -0.3 is 20.9 Å². The molecule has 15 heavy (non-hydrogen) atoms. The second kappa shape index (κ2) is 6.05. The van der Waals surface area contributed by atoms with E-state index in [0.717, 1.165) is 0 Å². The van der Waals surface area contributed by atoms with E-state index in [-0.39, 0.29) is 12.2 Å². The van der Waals surface area contributed by atoms with Crippen LogP contribution in [0.4, 0.5) is 0 Å². The smallest absolute Gasteiger partial charge is 0.234 e. The maximum absolute atomic E-state index is 10.7. The molecule has 90 valence electrons. The van der Waals surface area contributed by atoms with Crippen LogP contribution in [0.3, 0.4) is 0 Å². The van der Waals surface area contributed by atoms with E-state index in [2.05, 4.69) is 5.32 Å². The van der Waals surface area contributed by atoms with Crippen molar-refractivity contribution in [2.75, 3.05) is 13.2 Å². The van der Waals surface area contributed by atoms with Crippen LogP contribution in [-0.4, -0.2) is 41.9 Å². The van der Waals surface area contributed by atoms with Crippen molar-refractivity contribution in [2.45, 2.75) is 45.4 Å². The summed E-state index contributed by atoms with van der Waals surface area (Å²) in [5.41, 5.74) is 4.78. The van der Waals surface area contributed by atoms with Gasteiger partial charge in [0.1, 0.15) is 0 Å². The van der Waals surface area contributed by atoms with Gasteiger partial charge in [-0.2, -0.15) is 0 Å². The van der Waals surface area contributed by atoms with Crippen molar-refractivity contribution < 1.29 is 14.6 Å². The van der Waals surface area contributed by atoms with Gasteiger partial charge in [0.05, 0.1) is 24.4 Å². The molecule has 0 rings (SSSR count). The molecule has 0 aliphatic heterocycles. The first-order valence-corrected chi connectivity index (χ1v) is 5.07.